The molecule has 3 aromatic rings. The zero-order valence-corrected chi connectivity index (χ0v) is 18.5. The van der Waals surface area contributed by atoms with Crippen molar-refractivity contribution in [2.75, 3.05) is 6.61 Å². The monoisotopic (exact) mass is 496 g/mol. The predicted octanol–water partition coefficient (Wildman–Crippen LogP) is 4.84. The first-order valence-electron chi connectivity index (χ1n) is 10.8. The Hall–Kier alpha value is -2.76. The van der Waals surface area contributed by atoms with E-state index in [0.29, 0.717) is 24.3 Å². The Balaban J connectivity index is 1.19. The molecule has 2 fully saturated rings. The smallest absolute Gasteiger partial charge is 0.419 e. The molecular weight excluding hydrogens is 477 g/mol. The second kappa shape index (κ2) is 8.79. The number of aromatic nitrogens is 3. The van der Waals surface area contributed by atoms with E-state index in [1.54, 1.807) is 24.4 Å². The van der Waals surface area contributed by atoms with Gasteiger partial charge in [0, 0.05) is 16.6 Å². The van der Waals surface area contributed by atoms with Crippen molar-refractivity contribution in [2.45, 2.75) is 56.2 Å². The van der Waals surface area contributed by atoms with Crippen LogP contribution in [0.15, 0.2) is 34.9 Å². The molecule has 0 radical (unpaired) electrons. The molecule has 2 aliphatic rings. The number of nitrogens with one attached hydrogen (secondary N) is 1. The average molecular weight is 497 g/mol. The Bertz CT molecular complexity index is 1210. The fraction of sp³-hybridized carbons (Fsp3) is 0.455. The first-order chi connectivity index (χ1) is 16.2. The van der Waals surface area contributed by atoms with Crippen LogP contribution in [0.5, 0.6) is 0 Å². The first kappa shape index (κ1) is 23.0. The van der Waals surface area contributed by atoms with Crippen molar-refractivity contribution in [2.24, 2.45) is 0 Å². The summed E-state index contributed by atoms with van der Waals surface area (Å²) in [5.41, 5.74) is -1.35. The van der Waals surface area contributed by atoms with Crippen LogP contribution in [0.25, 0.3) is 10.8 Å². The van der Waals surface area contributed by atoms with Crippen LogP contribution < -0.4 is 5.32 Å². The van der Waals surface area contributed by atoms with Crippen LogP contribution in [0.4, 0.5) is 13.2 Å². The van der Waals surface area contributed by atoms with Gasteiger partial charge >= 0.3 is 6.36 Å². The molecule has 5 rings (SSSR count). The van der Waals surface area contributed by atoms with Crippen molar-refractivity contribution in [1.29, 1.82) is 0 Å². The van der Waals surface area contributed by atoms with Crippen molar-refractivity contribution in [3.8, 4) is 0 Å². The lowest BCUT2D eigenvalue weighted by atomic mass is 9.80. The van der Waals surface area contributed by atoms with Crippen LogP contribution in [-0.4, -0.2) is 40.1 Å². The Morgan fingerprint density at radius 2 is 2.00 bits per heavy atom. The highest BCUT2D eigenvalue weighted by Crippen LogP contribution is 2.48. The number of alkyl halides is 3. The molecule has 180 valence electrons. The number of nitrogens with zero attached hydrogens (tertiary/aromatic N) is 3. The maximum absolute atomic E-state index is 12.8. The maximum Gasteiger partial charge on any atom is 0.523 e. The first-order valence-corrected chi connectivity index (χ1v) is 11.2. The van der Waals surface area contributed by atoms with Crippen molar-refractivity contribution in [3.05, 3.63) is 53.0 Å². The minimum atomic E-state index is -4.80. The second-order valence-corrected chi connectivity index (χ2v) is 8.91. The van der Waals surface area contributed by atoms with Crippen LogP contribution >= 0.6 is 11.6 Å². The molecule has 8 nitrogen and oxygen atoms in total. The van der Waals surface area contributed by atoms with E-state index in [2.05, 4.69) is 25.2 Å². The Kier molecular flexibility index (Phi) is 5.95. The van der Waals surface area contributed by atoms with Crippen LogP contribution in [0.1, 0.15) is 60.5 Å². The maximum atomic E-state index is 12.8. The Morgan fingerprint density at radius 1 is 1.18 bits per heavy atom. The summed E-state index contributed by atoms with van der Waals surface area (Å²) in [7, 11) is 0. The number of carbonyl (C=O) groups excluding carboxylic acids is 1. The molecular formula is C22H20ClF3N4O4. The molecule has 1 aliphatic carbocycles. The van der Waals surface area contributed by atoms with Gasteiger partial charge in [0.15, 0.2) is 5.60 Å². The van der Waals surface area contributed by atoms with Gasteiger partial charge in [-0.05, 0) is 55.7 Å². The largest absolute Gasteiger partial charge is 0.523 e. The molecule has 2 atom stereocenters. The summed E-state index contributed by atoms with van der Waals surface area (Å²) in [4.78, 5) is 16.8. The summed E-state index contributed by atoms with van der Waals surface area (Å²) in [6.45, 7) is 0.182. The lowest BCUT2D eigenvalue weighted by Gasteiger charge is -2.38. The highest BCUT2D eigenvalue weighted by molar-refractivity contribution is 6.31. The number of halogens is 4. The van der Waals surface area contributed by atoms with E-state index in [9.17, 15) is 18.0 Å². The molecule has 1 saturated carbocycles. The average Bonchev–Trinajstić information content (AvgIpc) is 3.26. The third-order valence-corrected chi connectivity index (χ3v) is 6.34. The topological polar surface area (TPSA) is 99.4 Å². The minimum absolute atomic E-state index is 0.103. The molecule has 1 aromatic carbocycles. The van der Waals surface area contributed by atoms with E-state index in [4.69, 9.17) is 20.8 Å². The fourth-order valence-electron chi connectivity index (χ4n) is 4.18. The number of benzene rings is 1. The highest BCUT2D eigenvalue weighted by Gasteiger charge is 2.52. The summed E-state index contributed by atoms with van der Waals surface area (Å²) in [5.74, 6) is -0.416. The zero-order valence-electron chi connectivity index (χ0n) is 17.8. The number of hydrogen-bond acceptors (Lipinski definition) is 7. The summed E-state index contributed by atoms with van der Waals surface area (Å²) >= 11 is 5.98. The molecule has 0 spiro atoms. The van der Waals surface area contributed by atoms with Gasteiger partial charge in [-0.3, -0.25) is 14.5 Å². The predicted molar refractivity (Wildman–Crippen MR) is 113 cm³/mol. The van der Waals surface area contributed by atoms with Crippen molar-refractivity contribution in [3.63, 3.8) is 0 Å². The molecule has 2 aromatic heterocycles. The van der Waals surface area contributed by atoms with Gasteiger partial charge in [0.05, 0.1) is 12.6 Å². The van der Waals surface area contributed by atoms with Gasteiger partial charge < -0.3 is 14.5 Å². The Morgan fingerprint density at radius 3 is 2.68 bits per heavy atom. The fourth-order valence-corrected chi connectivity index (χ4v) is 4.36. The summed E-state index contributed by atoms with van der Waals surface area (Å²) in [5, 5.41) is 12.8. The van der Waals surface area contributed by atoms with Crippen LogP contribution in [0, 0.1) is 0 Å². The van der Waals surface area contributed by atoms with Gasteiger partial charge in [-0.25, -0.2) is 0 Å². The number of amides is 1. The van der Waals surface area contributed by atoms with E-state index >= 15 is 0 Å². The minimum Gasteiger partial charge on any atom is -0.419 e. The van der Waals surface area contributed by atoms with Crippen molar-refractivity contribution < 1.29 is 31.9 Å². The third kappa shape index (κ3) is 4.73. The normalized spacial score (nSPS) is 22.4. The molecule has 0 bridgehead atoms. The quantitative estimate of drug-likeness (QED) is 0.539. The highest BCUT2D eigenvalue weighted by atomic mass is 35.5. The van der Waals surface area contributed by atoms with E-state index < -0.39 is 18.1 Å². The van der Waals surface area contributed by atoms with E-state index in [0.717, 1.165) is 10.8 Å². The van der Waals surface area contributed by atoms with Gasteiger partial charge in [0.25, 0.3) is 5.91 Å². The molecule has 1 saturated heterocycles. The van der Waals surface area contributed by atoms with Gasteiger partial charge in [0.1, 0.15) is 11.8 Å². The summed E-state index contributed by atoms with van der Waals surface area (Å²) < 4.78 is 54.0. The number of ether oxygens (including phenoxy) is 2. The van der Waals surface area contributed by atoms with Gasteiger partial charge in [-0.2, -0.15) is 0 Å². The molecule has 0 unspecified atom stereocenters. The second-order valence-electron chi connectivity index (χ2n) is 8.47. The van der Waals surface area contributed by atoms with E-state index in [1.165, 1.54) is 0 Å². The molecule has 1 N–H and O–H groups in total. The van der Waals surface area contributed by atoms with E-state index in [1.807, 2.05) is 6.07 Å². The molecule has 3 heterocycles. The number of carbonyl (C=O) groups is 1. The SMILES string of the molecule is O=C(N[C@@H]1CC[C@@H](c2nnc(C3(OC(F)(F)F)CCC3)o2)OC1)c1cc2ccc(Cl)cc2cn1. The van der Waals surface area contributed by atoms with Gasteiger partial charge in [-0.1, -0.05) is 17.7 Å². The van der Waals surface area contributed by atoms with Gasteiger partial charge in [-0.15, -0.1) is 23.4 Å². The molecule has 12 heteroatoms. The third-order valence-electron chi connectivity index (χ3n) is 6.11. The number of rotatable bonds is 5. The lowest BCUT2D eigenvalue weighted by molar-refractivity contribution is -0.387. The van der Waals surface area contributed by atoms with Crippen molar-refractivity contribution >= 4 is 28.3 Å². The number of hydrogen-bond donors (Lipinski definition) is 1. The number of fused-ring (bicyclic) bond motifs is 1. The van der Waals surface area contributed by atoms with E-state index in [-0.39, 0.29) is 48.9 Å². The van der Waals surface area contributed by atoms with Crippen LogP contribution in [0.2, 0.25) is 5.02 Å². The number of pyridine rings is 1. The standard InChI is InChI=1S/C22H20ClF3N4O4/c23-14-3-2-12-9-16(27-10-13(12)8-14)18(31)28-15-4-5-17(32-11-15)19-29-30-20(33-19)21(6-1-7-21)34-22(24,25)26/h2-3,8-10,15,17H,1,4-7,11H2,(H,28,31)/t15-,17+/m1/s1. The molecule has 34 heavy (non-hydrogen) atoms. The summed E-state index contributed by atoms with van der Waals surface area (Å²) in [6.07, 6.45) is -1.88. The molecule has 1 aliphatic heterocycles. The van der Waals surface area contributed by atoms with Crippen molar-refractivity contribution in [1.82, 2.24) is 20.5 Å². The van der Waals surface area contributed by atoms with Crippen LogP contribution in [-0.2, 0) is 15.1 Å². The van der Waals surface area contributed by atoms with Gasteiger partial charge in [0.2, 0.25) is 11.8 Å². The summed E-state index contributed by atoms with van der Waals surface area (Å²) in [6, 6.07) is 6.75. The lowest BCUT2D eigenvalue weighted by Crippen LogP contribution is -2.42. The molecule has 1 amide bonds. The van der Waals surface area contributed by atoms with Crippen LogP contribution in [0.3, 0.4) is 0 Å². The zero-order chi connectivity index (χ0) is 23.9. The Labute approximate surface area is 196 Å².